The van der Waals surface area contributed by atoms with E-state index in [1.165, 1.54) is 16.8 Å². The smallest absolute Gasteiger partial charge is 0.194 e. The molecule has 26 heavy (non-hydrogen) atoms. The van der Waals surface area contributed by atoms with Gasteiger partial charge in [-0.15, -0.1) is 0 Å². The Bertz CT molecular complexity index is 755. The first-order valence-electron chi connectivity index (χ1n) is 9.41. The molecule has 1 fully saturated rings. The minimum Gasteiger partial charge on any atom is -0.368 e. The highest BCUT2D eigenvalue weighted by Gasteiger charge is 2.21. The van der Waals surface area contributed by atoms with Crippen LogP contribution < -0.4 is 10.2 Å². The molecule has 140 valence electrons. The van der Waals surface area contributed by atoms with Crippen molar-refractivity contribution in [3.8, 4) is 0 Å². The summed E-state index contributed by atoms with van der Waals surface area (Å²) < 4.78 is 1.88. The molecule has 1 saturated heterocycles. The standard InChI is InChI=1S/C20H30N6/c1-5-21-20(22-15-18-9-10-23-24(18)4)26-13-11-25(12-14-26)19-8-6-7-16(2)17(19)3/h6-10H,5,11-15H2,1-4H3,(H,21,22). The van der Waals surface area contributed by atoms with Gasteiger partial charge in [-0.2, -0.15) is 5.10 Å². The number of anilines is 1. The van der Waals surface area contributed by atoms with Gasteiger partial charge >= 0.3 is 0 Å². The van der Waals surface area contributed by atoms with Crippen LogP contribution in [0.15, 0.2) is 35.5 Å². The number of nitrogens with one attached hydrogen (secondary N) is 1. The molecule has 0 saturated carbocycles. The van der Waals surface area contributed by atoms with E-state index in [-0.39, 0.29) is 0 Å². The topological polar surface area (TPSA) is 48.7 Å². The van der Waals surface area contributed by atoms with E-state index in [0.717, 1.165) is 44.4 Å². The molecule has 0 radical (unpaired) electrons. The van der Waals surface area contributed by atoms with Crippen molar-refractivity contribution in [3.63, 3.8) is 0 Å². The van der Waals surface area contributed by atoms with E-state index in [2.05, 4.69) is 59.2 Å². The third-order valence-corrected chi connectivity index (χ3v) is 5.14. The van der Waals surface area contributed by atoms with Crippen LogP contribution in [0.4, 0.5) is 5.69 Å². The molecule has 1 aliphatic heterocycles. The number of piperazine rings is 1. The number of rotatable bonds is 4. The summed E-state index contributed by atoms with van der Waals surface area (Å²) in [5.74, 6) is 0.995. The van der Waals surface area contributed by atoms with Crippen LogP contribution in [0.5, 0.6) is 0 Å². The van der Waals surface area contributed by atoms with E-state index in [1.807, 2.05) is 24.0 Å². The Balaban J connectivity index is 1.66. The van der Waals surface area contributed by atoms with E-state index in [1.54, 1.807) is 0 Å². The van der Waals surface area contributed by atoms with Crippen molar-refractivity contribution in [2.75, 3.05) is 37.6 Å². The second-order valence-corrected chi connectivity index (χ2v) is 6.81. The Kier molecular flexibility index (Phi) is 5.81. The molecular formula is C20H30N6. The monoisotopic (exact) mass is 354 g/mol. The van der Waals surface area contributed by atoms with Gasteiger partial charge in [-0.05, 0) is 44.0 Å². The normalized spacial score (nSPS) is 15.5. The van der Waals surface area contributed by atoms with Crippen molar-refractivity contribution >= 4 is 11.6 Å². The molecule has 0 atom stereocenters. The first-order chi connectivity index (χ1) is 12.6. The zero-order valence-corrected chi connectivity index (χ0v) is 16.4. The maximum absolute atomic E-state index is 4.82. The van der Waals surface area contributed by atoms with Crippen molar-refractivity contribution in [2.45, 2.75) is 27.3 Å². The molecule has 1 N–H and O–H groups in total. The van der Waals surface area contributed by atoms with Crippen LogP contribution in [-0.4, -0.2) is 53.4 Å². The Hall–Kier alpha value is -2.50. The summed E-state index contributed by atoms with van der Waals surface area (Å²) in [6, 6.07) is 8.60. The van der Waals surface area contributed by atoms with Gasteiger partial charge in [-0.1, -0.05) is 12.1 Å². The third-order valence-electron chi connectivity index (χ3n) is 5.14. The van der Waals surface area contributed by atoms with Crippen LogP contribution in [0, 0.1) is 13.8 Å². The summed E-state index contributed by atoms with van der Waals surface area (Å²) in [6.07, 6.45) is 1.82. The van der Waals surface area contributed by atoms with Gasteiger partial charge in [0.05, 0.1) is 12.2 Å². The van der Waals surface area contributed by atoms with Gasteiger partial charge in [-0.3, -0.25) is 4.68 Å². The summed E-state index contributed by atoms with van der Waals surface area (Å²) in [6.45, 7) is 12.0. The van der Waals surface area contributed by atoms with Crippen LogP contribution >= 0.6 is 0 Å². The summed E-state index contributed by atoms with van der Waals surface area (Å²) in [4.78, 5) is 9.67. The summed E-state index contributed by atoms with van der Waals surface area (Å²) in [7, 11) is 1.96. The van der Waals surface area contributed by atoms with E-state index < -0.39 is 0 Å². The molecule has 0 amide bonds. The van der Waals surface area contributed by atoms with Crippen LogP contribution in [0.1, 0.15) is 23.7 Å². The fourth-order valence-electron chi connectivity index (χ4n) is 3.38. The zero-order valence-electron chi connectivity index (χ0n) is 16.4. The van der Waals surface area contributed by atoms with E-state index in [0.29, 0.717) is 6.54 Å². The quantitative estimate of drug-likeness (QED) is 0.676. The second kappa shape index (κ2) is 8.25. The molecule has 1 aromatic heterocycles. The van der Waals surface area contributed by atoms with Crippen molar-refractivity contribution in [3.05, 3.63) is 47.3 Å². The number of hydrogen-bond acceptors (Lipinski definition) is 3. The predicted octanol–water partition coefficient (Wildman–Crippen LogP) is 2.32. The van der Waals surface area contributed by atoms with Gasteiger partial charge < -0.3 is 15.1 Å². The number of aliphatic imine (C=N–C) groups is 1. The molecule has 0 unspecified atom stereocenters. The largest absolute Gasteiger partial charge is 0.368 e. The lowest BCUT2D eigenvalue weighted by Crippen LogP contribution is -2.52. The van der Waals surface area contributed by atoms with Gasteiger partial charge in [0.15, 0.2) is 5.96 Å². The lowest BCUT2D eigenvalue weighted by Gasteiger charge is -2.38. The molecule has 1 aliphatic rings. The van der Waals surface area contributed by atoms with Crippen molar-refractivity contribution < 1.29 is 0 Å². The van der Waals surface area contributed by atoms with Gasteiger partial charge in [-0.25, -0.2) is 4.99 Å². The summed E-state index contributed by atoms with van der Waals surface area (Å²) in [5, 5.41) is 7.66. The second-order valence-electron chi connectivity index (χ2n) is 6.81. The van der Waals surface area contributed by atoms with Crippen LogP contribution in [0.25, 0.3) is 0 Å². The molecule has 2 heterocycles. The maximum atomic E-state index is 4.82. The van der Waals surface area contributed by atoms with Crippen LogP contribution in [0.2, 0.25) is 0 Å². The predicted molar refractivity (Wildman–Crippen MR) is 108 cm³/mol. The molecule has 6 nitrogen and oxygen atoms in total. The zero-order chi connectivity index (χ0) is 18.5. The maximum Gasteiger partial charge on any atom is 0.194 e. The van der Waals surface area contributed by atoms with Gasteiger partial charge in [0.2, 0.25) is 0 Å². The fourth-order valence-corrected chi connectivity index (χ4v) is 3.38. The van der Waals surface area contributed by atoms with Crippen molar-refractivity contribution in [2.24, 2.45) is 12.0 Å². The van der Waals surface area contributed by atoms with Gasteiger partial charge in [0, 0.05) is 51.7 Å². The van der Waals surface area contributed by atoms with Gasteiger partial charge in [0.1, 0.15) is 0 Å². The Morgan fingerprint density at radius 1 is 1.15 bits per heavy atom. The molecule has 3 rings (SSSR count). The molecule has 0 bridgehead atoms. The highest BCUT2D eigenvalue weighted by atomic mass is 15.4. The average molecular weight is 355 g/mol. The summed E-state index contributed by atoms with van der Waals surface area (Å²) >= 11 is 0. The summed E-state index contributed by atoms with van der Waals surface area (Å²) in [5.41, 5.74) is 5.23. The number of aryl methyl sites for hydroxylation is 2. The molecule has 1 aromatic carbocycles. The minimum absolute atomic E-state index is 0.649. The van der Waals surface area contributed by atoms with E-state index in [9.17, 15) is 0 Å². The van der Waals surface area contributed by atoms with Crippen LogP contribution in [-0.2, 0) is 13.6 Å². The number of nitrogens with zero attached hydrogens (tertiary/aromatic N) is 5. The fraction of sp³-hybridized carbons (Fsp3) is 0.500. The molecule has 2 aromatic rings. The highest BCUT2D eigenvalue weighted by molar-refractivity contribution is 5.80. The van der Waals surface area contributed by atoms with Gasteiger partial charge in [0.25, 0.3) is 0 Å². The van der Waals surface area contributed by atoms with Crippen molar-refractivity contribution in [1.82, 2.24) is 20.0 Å². The number of guanidine groups is 1. The third kappa shape index (κ3) is 4.00. The number of hydrogen-bond donors (Lipinski definition) is 1. The number of aromatic nitrogens is 2. The first-order valence-corrected chi connectivity index (χ1v) is 9.41. The first kappa shape index (κ1) is 18.3. The van der Waals surface area contributed by atoms with E-state index >= 15 is 0 Å². The van der Waals surface area contributed by atoms with Crippen LogP contribution in [0.3, 0.4) is 0 Å². The molecule has 0 aliphatic carbocycles. The number of benzene rings is 1. The Morgan fingerprint density at radius 2 is 1.92 bits per heavy atom. The average Bonchev–Trinajstić information content (AvgIpc) is 3.06. The molecule has 6 heteroatoms. The highest BCUT2D eigenvalue weighted by Crippen LogP contribution is 2.23. The van der Waals surface area contributed by atoms with E-state index in [4.69, 9.17) is 4.99 Å². The molecule has 0 spiro atoms. The SMILES string of the molecule is CCNC(=NCc1ccnn1C)N1CCN(c2cccc(C)c2C)CC1. The lowest BCUT2D eigenvalue weighted by atomic mass is 10.1. The minimum atomic E-state index is 0.649. The van der Waals surface area contributed by atoms with Crippen molar-refractivity contribution in [1.29, 1.82) is 0 Å². The molecular weight excluding hydrogens is 324 g/mol. The Labute approximate surface area is 156 Å². The lowest BCUT2D eigenvalue weighted by molar-refractivity contribution is 0.372. The Morgan fingerprint density at radius 3 is 2.58 bits per heavy atom.